The standard InChI is InChI=1S/C16H13ClF2N2O4/c1-24-13-8-10(17)4-7-12(13)15(23)21-20-14(22)9-2-5-11(6-3-9)25-16(18)19/h2-8,16H,1H3,(H,20,22)(H,21,23). The number of benzene rings is 2. The van der Waals surface area contributed by atoms with Crippen molar-refractivity contribution >= 4 is 23.4 Å². The third-order valence-corrected chi connectivity index (χ3v) is 3.27. The number of amides is 2. The first-order chi connectivity index (χ1) is 11.9. The summed E-state index contributed by atoms with van der Waals surface area (Å²) in [5.74, 6) is -1.08. The third kappa shape index (κ3) is 5.05. The molecule has 9 heteroatoms. The summed E-state index contributed by atoms with van der Waals surface area (Å²) in [4.78, 5) is 24.0. The lowest BCUT2D eigenvalue weighted by Crippen LogP contribution is -2.41. The van der Waals surface area contributed by atoms with Gasteiger partial charge in [0.15, 0.2) is 0 Å². The van der Waals surface area contributed by atoms with Crippen LogP contribution in [0.25, 0.3) is 0 Å². The second-order valence-corrected chi connectivity index (χ2v) is 5.09. The third-order valence-electron chi connectivity index (χ3n) is 3.04. The molecule has 0 heterocycles. The van der Waals surface area contributed by atoms with E-state index in [1.54, 1.807) is 0 Å². The number of carbonyl (C=O) groups is 2. The van der Waals surface area contributed by atoms with Crippen LogP contribution in [-0.2, 0) is 0 Å². The van der Waals surface area contributed by atoms with Crippen LogP contribution in [0.15, 0.2) is 42.5 Å². The van der Waals surface area contributed by atoms with Gasteiger partial charge in [-0.25, -0.2) is 0 Å². The number of nitrogens with one attached hydrogen (secondary N) is 2. The van der Waals surface area contributed by atoms with Gasteiger partial charge in [0.05, 0.1) is 12.7 Å². The first-order valence-electron chi connectivity index (χ1n) is 6.90. The molecule has 2 aromatic rings. The fourth-order valence-electron chi connectivity index (χ4n) is 1.89. The van der Waals surface area contributed by atoms with Gasteiger partial charge in [-0.3, -0.25) is 20.4 Å². The van der Waals surface area contributed by atoms with Crippen molar-refractivity contribution in [2.24, 2.45) is 0 Å². The highest BCUT2D eigenvalue weighted by molar-refractivity contribution is 6.30. The molecule has 0 atom stereocenters. The maximum atomic E-state index is 12.1. The van der Waals surface area contributed by atoms with Gasteiger partial charge >= 0.3 is 6.61 Å². The van der Waals surface area contributed by atoms with Crippen molar-refractivity contribution in [1.82, 2.24) is 10.9 Å². The molecule has 0 aromatic heterocycles. The van der Waals surface area contributed by atoms with Crippen molar-refractivity contribution in [3.8, 4) is 11.5 Å². The average Bonchev–Trinajstić information content (AvgIpc) is 2.59. The molecule has 2 N–H and O–H groups in total. The SMILES string of the molecule is COc1cc(Cl)ccc1C(=O)NNC(=O)c1ccc(OC(F)F)cc1. The first kappa shape index (κ1) is 18.5. The van der Waals surface area contributed by atoms with Gasteiger partial charge in [-0.15, -0.1) is 0 Å². The maximum absolute atomic E-state index is 12.1. The first-order valence-corrected chi connectivity index (χ1v) is 7.27. The zero-order chi connectivity index (χ0) is 18.4. The molecule has 25 heavy (non-hydrogen) atoms. The molecule has 0 saturated heterocycles. The molecule has 0 aliphatic heterocycles. The zero-order valence-electron chi connectivity index (χ0n) is 12.9. The van der Waals surface area contributed by atoms with Gasteiger partial charge in [-0.1, -0.05) is 11.6 Å². The van der Waals surface area contributed by atoms with Gasteiger partial charge in [0.2, 0.25) is 0 Å². The van der Waals surface area contributed by atoms with E-state index in [-0.39, 0.29) is 22.6 Å². The molecule has 0 radical (unpaired) electrons. The van der Waals surface area contributed by atoms with E-state index in [1.807, 2.05) is 0 Å². The Morgan fingerprint density at radius 1 is 1.04 bits per heavy atom. The molecule has 0 bridgehead atoms. The van der Waals surface area contributed by atoms with E-state index >= 15 is 0 Å². The fraction of sp³-hybridized carbons (Fsp3) is 0.125. The quantitative estimate of drug-likeness (QED) is 0.793. The monoisotopic (exact) mass is 370 g/mol. The largest absolute Gasteiger partial charge is 0.496 e. The van der Waals surface area contributed by atoms with Crippen molar-refractivity contribution in [3.05, 3.63) is 58.6 Å². The molecule has 132 valence electrons. The maximum Gasteiger partial charge on any atom is 0.387 e. The minimum absolute atomic E-state index is 0.0820. The molecular formula is C16H13ClF2N2O4. The Morgan fingerprint density at radius 2 is 1.68 bits per heavy atom. The van der Waals surface area contributed by atoms with Crippen LogP contribution in [0.4, 0.5) is 8.78 Å². The highest BCUT2D eigenvalue weighted by Crippen LogP contribution is 2.22. The summed E-state index contributed by atoms with van der Waals surface area (Å²) < 4.78 is 33.4. The summed E-state index contributed by atoms with van der Waals surface area (Å²) in [6.07, 6.45) is 0. The van der Waals surface area contributed by atoms with Gasteiger partial charge in [0.25, 0.3) is 11.8 Å². The lowest BCUT2D eigenvalue weighted by atomic mass is 10.2. The average molecular weight is 371 g/mol. The smallest absolute Gasteiger partial charge is 0.387 e. The number of ether oxygens (including phenoxy) is 2. The van der Waals surface area contributed by atoms with Crippen LogP contribution in [0, 0.1) is 0 Å². The minimum atomic E-state index is -2.95. The number of halogens is 3. The fourth-order valence-corrected chi connectivity index (χ4v) is 2.06. The lowest BCUT2D eigenvalue weighted by molar-refractivity contribution is -0.0498. The van der Waals surface area contributed by atoms with Gasteiger partial charge in [0, 0.05) is 10.6 Å². The van der Waals surface area contributed by atoms with E-state index < -0.39 is 18.4 Å². The molecular weight excluding hydrogens is 358 g/mol. The Morgan fingerprint density at radius 3 is 2.28 bits per heavy atom. The number of alkyl halides is 2. The summed E-state index contributed by atoms with van der Waals surface area (Å²) in [7, 11) is 1.38. The molecule has 6 nitrogen and oxygen atoms in total. The van der Waals surface area contributed by atoms with E-state index in [0.29, 0.717) is 5.02 Å². The number of hydrogen-bond acceptors (Lipinski definition) is 4. The number of rotatable bonds is 5. The molecule has 0 aliphatic rings. The summed E-state index contributed by atoms with van der Waals surface area (Å²) in [5.41, 5.74) is 4.75. The molecule has 2 rings (SSSR count). The van der Waals surface area contributed by atoms with Crippen LogP contribution in [-0.4, -0.2) is 25.5 Å². The number of hydrazine groups is 1. The van der Waals surface area contributed by atoms with Crippen LogP contribution in [0.5, 0.6) is 11.5 Å². The van der Waals surface area contributed by atoms with E-state index in [1.165, 1.54) is 49.6 Å². The molecule has 0 unspecified atom stereocenters. The molecule has 0 aliphatic carbocycles. The lowest BCUT2D eigenvalue weighted by Gasteiger charge is -2.11. The second-order valence-electron chi connectivity index (χ2n) is 4.66. The van der Waals surface area contributed by atoms with Crippen LogP contribution in [0.3, 0.4) is 0 Å². The topological polar surface area (TPSA) is 76.7 Å². The normalized spacial score (nSPS) is 10.3. The van der Waals surface area contributed by atoms with E-state index in [9.17, 15) is 18.4 Å². The molecule has 2 amide bonds. The summed E-state index contributed by atoms with van der Waals surface area (Å²) >= 11 is 5.81. The predicted octanol–water partition coefficient (Wildman–Crippen LogP) is 3.02. The van der Waals surface area contributed by atoms with Crippen LogP contribution >= 0.6 is 11.6 Å². The van der Waals surface area contributed by atoms with E-state index in [2.05, 4.69) is 15.6 Å². The summed E-state index contributed by atoms with van der Waals surface area (Å²) in [6, 6.07) is 9.39. The van der Waals surface area contributed by atoms with E-state index in [0.717, 1.165) is 0 Å². The molecule has 0 fully saturated rings. The van der Waals surface area contributed by atoms with Crippen LogP contribution in [0.1, 0.15) is 20.7 Å². The minimum Gasteiger partial charge on any atom is -0.496 e. The highest BCUT2D eigenvalue weighted by Gasteiger charge is 2.14. The molecule has 2 aromatic carbocycles. The summed E-state index contributed by atoms with van der Waals surface area (Å²) in [6.45, 7) is -2.95. The van der Waals surface area contributed by atoms with Crippen molar-refractivity contribution in [3.63, 3.8) is 0 Å². The van der Waals surface area contributed by atoms with Crippen LogP contribution in [0.2, 0.25) is 5.02 Å². The predicted molar refractivity (Wildman–Crippen MR) is 86.0 cm³/mol. The number of hydrogen-bond donors (Lipinski definition) is 2. The van der Waals surface area contributed by atoms with Gasteiger partial charge in [-0.05, 0) is 42.5 Å². The van der Waals surface area contributed by atoms with Crippen molar-refractivity contribution in [2.75, 3.05) is 7.11 Å². The Hall–Kier alpha value is -2.87. The van der Waals surface area contributed by atoms with Crippen molar-refractivity contribution in [1.29, 1.82) is 0 Å². The van der Waals surface area contributed by atoms with Crippen molar-refractivity contribution < 1.29 is 27.8 Å². The van der Waals surface area contributed by atoms with Crippen LogP contribution < -0.4 is 20.3 Å². The highest BCUT2D eigenvalue weighted by atomic mass is 35.5. The molecule has 0 spiro atoms. The second kappa shape index (κ2) is 8.29. The Balaban J connectivity index is 1.98. The Bertz CT molecular complexity index is 769. The van der Waals surface area contributed by atoms with Gasteiger partial charge < -0.3 is 9.47 Å². The summed E-state index contributed by atoms with van der Waals surface area (Å²) in [5, 5.41) is 0.392. The molecule has 0 saturated carbocycles. The Labute approximate surface area is 146 Å². The number of methoxy groups -OCH3 is 1. The van der Waals surface area contributed by atoms with E-state index in [4.69, 9.17) is 16.3 Å². The zero-order valence-corrected chi connectivity index (χ0v) is 13.6. The van der Waals surface area contributed by atoms with Gasteiger partial charge in [-0.2, -0.15) is 8.78 Å². The number of carbonyl (C=O) groups excluding carboxylic acids is 2. The van der Waals surface area contributed by atoms with Gasteiger partial charge in [0.1, 0.15) is 11.5 Å². The van der Waals surface area contributed by atoms with Crippen molar-refractivity contribution in [2.45, 2.75) is 6.61 Å². The Kier molecular flexibility index (Phi) is 6.13.